The van der Waals surface area contributed by atoms with Gasteiger partial charge in [0.2, 0.25) is 0 Å². The highest BCUT2D eigenvalue weighted by Crippen LogP contribution is 2.18. The molecule has 30 heavy (non-hydrogen) atoms. The molecule has 5 rings (SSSR count). The highest BCUT2D eigenvalue weighted by molar-refractivity contribution is 5.87. The van der Waals surface area contributed by atoms with Crippen molar-refractivity contribution in [2.75, 3.05) is 33.4 Å². The molecule has 0 amide bonds. The molecule has 154 valence electrons. The molecule has 4 heterocycles. The third-order valence-corrected chi connectivity index (χ3v) is 5.43. The number of H-pyrrole nitrogens is 1. The van der Waals surface area contributed by atoms with Gasteiger partial charge in [0.15, 0.2) is 5.65 Å². The number of benzene rings is 1. The average molecular weight is 407 g/mol. The van der Waals surface area contributed by atoms with Crippen molar-refractivity contribution in [1.82, 2.24) is 24.1 Å². The van der Waals surface area contributed by atoms with Crippen molar-refractivity contribution < 1.29 is 14.5 Å². The average Bonchev–Trinajstić information content (AvgIpc) is 3.28. The highest BCUT2D eigenvalue weighted by atomic mass is 16.5. The quantitative estimate of drug-likeness (QED) is 0.485. The zero-order chi connectivity index (χ0) is 20.5. The van der Waals surface area contributed by atoms with Gasteiger partial charge in [0.05, 0.1) is 37.9 Å². The molecule has 1 fully saturated rings. The lowest BCUT2D eigenvalue weighted by Gasteiger charge is -2.26. The van der Waals surface area contributed by atoms with E-state index in [2.05, 4.69) is 15.0 Å². The number of fused-ring (bicyclic) bond motifs is 3. The number of hydrogen-bond acceptors (Lipinski definition) is 6. The Labute approximate surface area is 172 Å². The van der Waals surface area contributed by atoms with Crippen molar-refractivity contribution >= 4 is 16.7 Å². The fourth-order valence-electron chi connectivity index (χ4n) is 3.82. The number of nitrogens with one attached hydrogen (secondary N) is 1. The summed E-state index contributed by atoms with van der Waals surface area (Å²) < 4.78 is 13.7. The summed E-state index contributed by atoms with van der Waals surface area (Å²) in [7, 11) is 1.63. The summed E-state index contributed by atoms with van der Waals surface area (Å²) in [5.74, 6) is 0.777. The Morgan fingerprint density at radius 3 is 2.67 bits per heavy atom. The SMILES string of the molecule is COc1ccc(Cn2c(=O)n3nc[nH+]c3c3ccc(CN4CCOCC4)nc32)cc1. The highest BCUT2D eigenvalue weighted by Gasteiger charge is 2.20. The van der Waals surface area contributed by atoms with Crippen LogP contribution in [0.1, 0.15) is 11.3 Å². The van der Waals surface area contributed by atoms with Crippen LogP contribution in [0.25, 0.3) is 16.7 Å². The summed E-state index contributed by atoms with van der Waals surface area (Å²) in [5, 5.41) is 5.03. The summed E-state index contributed by atoms with van der Waals surface area (Å²) in [6.45, 7) is 4.36. The largest absolute Gasteiger partial charge is 0.497 e. The lowest BCUT2D eigenvalue weighted by Crippen LogP contribution is -2.36. The molecule has 0 spiro atoms. The number of hydrogen-bond donors (Lipinski definition) is 0. The zero-order valence-electron chi connectivity index (χ0n) is 16.7. The van der Waals surface area contributed by atoms with Crippen molar-refractivity contribution in [2.45, 2.75) is 13.1 Å². The number of nitrogens with zero attached hydrogens (tertiary/aromatic N) is 5. The van der Waals surface area contributed by atoms with Crippen LogP contribution in [0, 0.1) is 0 Å². The van der Waals surface area contributed by atoms with Crippen LogP contribution in [0.3, 0.4) is 0 Å². The van der Waals surface area contributed by atoms with E-state index in [1.54, 1.807) is 11.7 Å². The normalized spacial score (nSPS) is 15.1. The lowest BCUT2D eigenvalue weighted by molar-refractivity contribution is -0.345. The molecule has 1 aliphatic rings. The summed E-state index contributed by atoms with van der Waals surface area (Å²) in [4.78, 5) is 23.4. The van der Waals surface area contributed by atoms with Gasteiger partial charge in [-0.25, -0.2) is 14.8 Å². The number of morpholine rings is 1. The van der Waals surface area contributed by atoms with E-state index in [0.29, 0.717) is 17.8 Å². The topological polar surface area (TPSA) is 88.0 Å². The van der Waals surface area contributed by atoms with Crippen LogP contribution in [0.2, 0.25) is 0 Å². The third-order valence-electron chi connectivity index (χ3n) is 5.43. The molecule has 1 aliphatic heterocycles. The molecular formula is C21H23N6O3+. The van der Waals surface area contributed by atoms with E-state index >= 15 is 0 Å². The molecular weight excluding hydrogens is 384 g/mol. The molecule has 1 aromatic carbocycles. The summed E-state index contributed by atoms with van der Waals surface area (Å²) in [6, 6.07) is 11.7. The summed E-state index contributed by atoms with van der Waals surface area (Å²) in [6.07, 6.45) is 1.52. The monoisotopic (exact) mass is 407 g/mol. The Hall–Kier alpha value is -3.30. The molecule has 0 aliphatic carbocycles. The molecule has 9 heteroatoms. The van der Waals surface area contributed by atoms with Gasteiger partial charge in [-0.15, -0.1) is 0 Å². The van der Waals surface area contributed by atoms with Gasteiger partial charge in [0.25, 0.3) is 12.0 Å². The van der Waals surface area contributed by atoms with Crippen molar-refractivity contribution in [2.24, 2.45) is 0 Å². The maximum Gasteiger partial charge on any atom is 0.425 e. The number of rotatable bonds is 5. The molecule has 9 nitrogen and oxygen atoms in total. The first-order chi connectivity index (χ1) is 14.7. The van der Waals surface area contributed by atoms with Gasteiger partial charge in [-0.2, -0.15) is 0 Å². The number of methoxy groups -OCH3 is 1. The van der Waals surface area contributed by atoms with Crippen LogP contribution in [-0.2, 0) is 17.8 Å². The number of ether oxygens (including phenoxy) is 2. The smallest absolute Gasteiger partial charge is 0.425 e. The second-order valence-electron chi connectivity index (χ2n) is 7.33. The number of pyridine rings is 1. The fraction of sp³-hybridized carbons (Fsp3) is 0.333. The molecule has 0 unspecified atom stereocenters. The number of aromatic nitrogens is 5. The molecule has 0 saturated carbocycles. The Kier molecular flexibility index (Phi) is 4.89. The second kappa shape index (κ2) is 7.85. The fourth-order valence-corrected chi connectivity index (χ4v) is 3.82. The van der Waals surface area contributed by atoms with E-state index in [1.807, 2.05) is 36.4 Å². The Balaban J connectivity index is 1.60. The third kappa shape index (κ3) is 3.42. The van der Waals surface area contributed by atoms with Gasteiger partial charge < -0.3 is 9.47 Å². The van der Waals surface area contributed by atoms with Crippen molar-refractivity contribution in [1.29, 1.82) is 0 Å². The minimum absolute atomic E-state index is 0.231. The standard InChI is InChI=1S/C21H22N6O3/c1-29-17-5-2-15(3-6-17)12-26-20-18(19-22-14-23-27(19)21(26)28)7-4-16(24-20)13-25-8-10-30-11-9-25/h2-7,14H,8-13H2,1H3/p+1. The first-order valence-corrected chi connectivity index (χ1v) is 9.94. The van der Waals surface area contributed by atoms with Crippen LogP contribution < -0.4 is 15.4 Å². The molecule has 3 aromatic heterocycles. The molecule has 1 N–H and O–H groups in total. The molecule has 1 saturated heterocycles. The van der Waals surface area contributed by atoms with E-state index in [-0.39, 0.29) is 5.69 Å². The Morgan fingerprint density at radius 2 is 1.90 bits per heavy atom. The number of aromatic amines is 1. The van der Waals surface area contributed by atoms with Crippen LogP contribution in [0.15, 0.2) is 47.5 Å². The summed E-state index contributed by atoms with van der Waals surface area (Å²) in [5.41, 5.74) is 2.97. The molecule has 4 aromatic rings. The summed E-state index contributed by atoms with van der Waals surface area (Å²) >= 11 is 0. The van der Waals surface area contributed by atoms with Crippen LogP contribution in [-0.4, -0.2) is 57.5 Å². The first-order valence-electron chi connectivity index (χ1n) is 9.94. The van der Waals surface area contributed by atoms with Crippen LogP contribution >= 0.6 is 0 Å². The van der Waals surface area contributed by atoms with Gasteiger partial charge in [0, 0.05) is 24.7 Å². The minimum Gasteiger partial charge on any atom is -0.497 e. The van der Waals surface area contributed by atoms with Crippen LogP contribution in [0.5, 0.6) is 5.75 Å². The second-order valence-corrected chi connectivity index (χ2v) is 7.33. The maximum atomic E-state index is 13.2. The van der Waals surface area contributed by atoms with Crippen molar-refractivity contribution in [3.8, 4) is 5.75 Å². The van der Waals surface area contributed by atoms with Crippen molar-refractivity contribution in [3.63, 3.8) is 0 Å². The predicted molar refractivity (Wildman–Crippen MR) is 110 cm³/mol. The van der Waals surface area contributed by atoms with E-state index in [0.717, 1.165) is 55.2 Å². The van der Waals surface area contributed by atoms with E-state index in [9.17, 15) is 4.79 Å². The van der Waals surface area contributed by atoms with Gasteiger partial charge in [0.1, 0.15) is 5.75 Å². The van der Waals surface area contributed by atoms with Crippen molar-refractivity contribution in [3.05, 3.63) is 64.5 Å². The van der Waals surface area contributed by atoms with Gasteiger partial charge >= 0.3 is 5.69 Å². The lowest BCUT2D eigenvalue weighted by atomic mass is 10.2. The minimum atomic E-state index is -0.231. The van der Waals surface area contributed by atoms with E-state index in [4.69, 9.17) is 14.5 Å². The van der Waals surface area contributed by atoms with Gasteiger partial charge in [-0.1, -0.05) is 12.1 Å². The molecule has 0 bridgehead atoms. The van der Waals surface area contributed by atoms with Gasteiger partial charge in [-0.3, -0.25) is 9.47 Å². The maximum absolute atomic E-state index is 13.2. The van der Waals surface area contributed by atoms with Crippen LogP contribution in [0.4, 0.5) is 0 Å². The Morgan fingerprint density at radius 1 is 1.10 bits per heavy atom. The van der Waals surface area contributed by atoms with Gasteiger partial charge in [-0.05, 0) is 34.3 Å². The Bertz CT molecular complexity index is 1240. The molecule has 0 radical (unpaired) electrons. The van der Waals surface area contributed by atoms with E-state index < -0.39 is 0 Å². The first kappa shape index (κ1) is 18.7. The predicted octanol–water partition coefficient (Wildman–Crippen LogP) is 0.747. The van der Waals surface area contributed by atoms with E-state index in [1.165, 1.54) is 10.8 Å². The molecule has 0 atom stereocenters. The zero-order valence-corrected chi connectivity index (χ0v) is 16.7.